The summed E-state index contributed by atoms with van der Waals surface area (Å²) in [6.45, 7) is 5.24. The van der Waals surface area contributed by atoms with E-state index in [9.17, 15) is 22.8 Å². The minimum absolute atomic E-state index is 0.0290. The van der Waals surface area contributed by atoms with Crippen molar-refractivity contribution in [2.24, 2.45) is 0 Å². The highest BCUT2D eigenvalue weighted by Crippen LogP contribution is 2.35. The molecule has 0 saturated carbocycles. The molecule has 1 saturated heterocycles. The minimum atomic E-state index is -4.86. The van der Waals surface area contributed by atoms with Gasteiger partial charge >= 0.3 is 18.2 Å². The third kappa shape index (κ3) is 3.80. The number of nitrogens with zero attached hydrogens (tertiary/aromatic N) is 3. The maximum atomic E-state index is 13.2. The van der Waals surface area contributed by atoms with Gasteiger partial charge < -0.3 is 14.7 Å². The topological polar surface area (TPSA) is 84.7 Å². The summed E-state index contributed by atoms with van der Waals surface area (Å²) in [7, 11) is 0. The maximum absolute atomic E-state index is 13.2. The van der Waals surface area contributed by atoms with E-state index in [1.807, 2.05) is 0 Å². The average molecular weight is 349 g/mol. The number of carbonyl (C=O) groups excluding carboxylic acids is 1. The lowest BCUT2D eigenvalue weighted by molar-refractivity contribution is -0.145. The number of ether oxygens (including phenoxy) is 1. The van der Waals surface area contributed by atoms with E-state index in [1.165, 1.54) is 4.90 Å². The molecule has 7 nitrogen and oxygen atoms in total. The first kappa shape index (κ1) is 18.1. The van der Waals surface area contributed by atoms with Crippen LogP contribution in [0.1, 0.15) is 49.3 Å². The molecule has 0 bridgehead atoms. The van der Waals surface area contributed by atoms with E-state index in [1.54, 1.807) is 20.8 Å². The predicted molar refractivity (Wildman–Crippen MR) is 75.6 cm³/mol. The van der Waals surface area contributed by atoms with Crippen LogP contribution >= 0.6 is 0 Å². The molecule has 1 aliphatic rings. The normalized spacial score (nSPS) is 18.8. The summed E-state index contributed by atoms with van der Waals surface area (Å²) in [5, 5.41) is 12.5. The van der Waals surface area contributed by atoms with Gasteiger partial charge in [0.15, 0.2) is 5.69 Å². The van der Waals surface area contributed by atoms with E-state index in [-0.39, 0.29) is 19.5 Å². The fourth-order valence-electron chi connectivity index (χ4n) is 2.51. The number of amides is 1. The Labute approximate surface area is 136 Å². The highest BCUT2D eigenvalue weighted by atomic mass is 19.4. The molecule has 1 aliphatic heterocycles. The standard InChI is InChI=1S/C14H18F3N3O4/c1-13(2,3)24-12(23)19-5-4-8(7-19)20-10(14(15,16)17)9(6-18-20)11(21)22/h6,8H,4-5,7H2,1-3H3,(H,21,22). The molecule has 1 aromatic heterocycles. The second-order valence-corrected chi connectivity index (χ2v) is 6.52. The van der Waals surface area contributed by atoms with Gasteiger partial charge in [0.2, 0.25) is 0 Å². The number of aromatic carboxylic acids is 1. The molecule has 1 N–H and O–H groups in total. The summed E-state index contributed by atoms with van der Waals surface area (Å²) in [6.07, 6.45) is -4.57. The van der Waals surface area contributed by atoms with Crippen LogP contribution in [-0.4, -0.2) is 50.5 Å². The first-order valence-corrected chi connectivity index (χ1v) is 7.26. The van der Waals surface area contributed by atoms with Crippen molar-refractivity contribution in [2.45, 2.75) is 45.0 Å². The smallest absolute Gasteiger partial charge is 0.433 e. The molecule has 2 rings (SSSR count). The Bertz CT molecular complexity index is 649. The molecular formula is C14H18F3N3O4. The van der Waals surface area contributed by atoms with Crippen molar-refractivity contribution in [3.63, 3.8) is 0 Å². The fourth-order valence-corrected chi connectivity index (χ4v) is 2.51. The van der Waals surface area contributed by atoms with Gasteiger partial charge in [0, 0.05) is 13.1 Å². The van der Waals surface area contributed by atoms with E-state index in [0.29, 0.717) is 10.9 Å². The number of carboxylic acids is 1. The van der Waals surface area contributed by atoms with Gasteiger partial charge in [-0.2, -0.15) is 18.3 Å². The molecule has 1 aromatic rings. The molecule has 0 radical (unpaired) electrons. The lowest BCUT2D eigenvalue weighted by atomic mass is 10.2. The van der Waals surface area contributed by atoms with Gasteiger partial charge in [-0.15, -0.1) is 0 Å². The van der Waals surface area contributed by atoms with E-state index >= 15 is 0 Å². The Morgan fingerprint density at radius 2 is 1.96 bits per heavy atom. The molecule has 1 unspecified atom stereocenters. The molecule has 10 heteroatoms. The van der Waals surface area contributed by atoms with Crippen LogP contribution in [-0.2, 0) is 10.9 Å². The van der Waals surface area contributed by atoms with E-state index in [4.69, 9.17) is 9.84 Å². The number of carboxylic acid groups (broad SMARTS) is 1. The number of likely N-dealkylation sites (tertiary alicyclic amines) is 1. The van der Waals surface area contributed by atoms with Gasteiger partial charge in [0.25, 0.3) is 0 Å². The second-order valence-electron chi connectivity index (χ2n) is 6.52. The Balaban J connectivity index is 2.23. The summed E-state index contributed by atoms with van der Waals surface area (Å²) < 4.78 is 45.4. The Morgan fingerprint density at radius 3 is 2.46 bits per heavy atom. The number of alkyl halides is 3. The van der Waals surface area contributed by atoms with Crippen LogP contribution in [0, 0.1) is 0 Å². The van der Waals surface area contributed by atoms with E-state index < -0.39 is 41.1 Å². The molecule has 0 spiro atoms. The largest absolute Gasteiger partial charge is 0.478 e. The van der Waals surface area contributed by atoms with Gasteiger partial charge in [0.1, 0.15) is 11.2 Å². The monoisotopic (exact) mass is 349 g/mol. The molecular weight excluding hydrogens is 331 g/mol. The zero-order valence-corrected chi connectivity index (χ0v) is 13.4. The van der Waals surface area contributed by atoms with Crippen molar-refractivity contribution in [3.05, 3.63) is 17.5 Å². The van der Waals surface area contributed by atoms with E-state index in [2.05, 4.69) is 5.10 Å². The summed E-state index contributed by atoms with van der Waals surface area (Å²) in [5.41, 5.74) is -2.93. The Morgan fingerprint density at radius 1 is 1.33 bits per heavy atom. The van der Waals surface area contributed by atoms with Crippen LogP contribution in [0.5, 0.6) is 0 Å². The number of hydrogen-bond donors (Lipinski definition) is 1. The van der Waals surface area contributed by atoms with Crippen molar-refractivity contribution in [1.29, 1.82) is 0 Å². The first-order valence-electron chi connectivity index (χ1n) is 7.26. The zero-order chi connectivity index (χ0) is 18.3. The second kappa shape index (κ2) is 5.99. The van der Waals surface area contributed by atoms with E-state index in [0.717, 1.165) is 0 Å². The lowest BCUT2D eigenvalue weighted by Gasteiger charge is -2.24. The summed E-state index contributed by atoms with van der Waals surface area (Å²) in [5.74, 6) is -1.70. The van der Waals surface area contributed by atoms with Crippen molar-refractivity contribution >= 4 is 12.1 Å². The van der Waals surface area contributed by atoms with Crippen LogP contribution in [0.4, 0.5) is 18.0 Å². The molecule has 0 aliphatic carbocycles. The van der Waals surface area contributed by atoms with Crippen LogP contribution < -0.4 is 0 Å². The first-order chi connectivity index (χ1) is 10.9. The highest BCUT2D eigenvalue weighted by molar-refractivity contribution is 5.88. The molecule has 1 atom stereocenters. The molecule has 24 heavy (non-hydrogen) atoms. The quantitative estimate of drug-likeness (QED) is 0.887. The maximum Gasteiger partial charge on any atom is 0.433 e. The fraction of sp³-hybridized carbons (Fsp3) is 0.643. The number of aromatic nitrogens is 2. The van der Waals surface area contributed by atoms with Crippen molar-refractivity contribution in [3.8, 4) is 0 Å². The van der Waals surface area contributed by atoms with Gasteiger partial charge in [-0.3, -0.25) is 4.68 Å². The predicted octanol–water partition coefficient (Wildman–Crippen LogP) is 2.78. The number of carbonyl (C=O) groups is 2. The van der Waals surface area contributed by atoms with Gasteiger partial charge in [0.05, 0.1) is 12.2 Å². The van der Waals surface area contributed by atoms with Gasteiger partial charge in [-0.05, 0) is 27.2 Å². The molecule has 134 valence electrons. The summed E-state index contributed by atoms with van der Waals surface area (Å²) in [6, 6.07) is -0.762. The van der Waals surface area contributed by atoms with Gasteiger partial charge in [-0.1, -0.05) is 0 Å². The Hall–Kier alpha value is -2.26. The summed E-state index contributed by atoms with van der Waals surface area (Å²) in [4.78, 5) is 24.3. The van der Waals surface area contributed by atoms with Crippen molar-refractivity contribution in [1.82, 2.24) is 14.7 Å². The lowest BCUT2D eigenvalue weighted by Crippen LogP contribution is -2.35. The van der Waals surface area contributed by atoms with Crippen LogP contribution in [0.25, 0.3) is 0 Å². The third-order valence-corrected chi connectivity index (χ3v) is 3.46. The van der Waals surface area contributed by atoms with Crippen LogP contribution in [0.3, 0.4) is 0 Å². The third-order valence-electron chi connectivity index (χ3n) is 3.46. The van der Waals surface area contributed by atoms with Crippen molar-refractivity contribution < 1.29 is 32.6 Å². The molecule has 1 amide bonds. The summed E-state index contributed by atoms with van der Waals surface area (Å²) >= 11 is 0. The number of hydrogen-bond acceptors (Lipinski definition) is 4. The minimum Gasteiger partial charge on any atom is -0.478 e. The van der Waals surface area contributed by atoms with Gasteiger partial charge in [-0.25, -0.2) is 9.59 Å². The SMILES string of the molecule is CC(C)(C)OC(=O)N1CCC(n2ncc(C(=O)O)c2C(F)(F)F)C1. The zero-order valence-electron chi connectivity index (χ0n) is 13.4. The Kier molecular flexibility index (Phi) is 4.51. The van der Waals surface area contributed by atoms with Crippen molar-refractivity contribution in [2.75, 3.05) is 13.1 Å². The molecule has 1 fully saturated rings. The van der Waals surface area contributed by atoms with Crippen LogP contribution in [0.15, 0.2) is 6.20 Å². The number of rotatable bonds is 2. The average Bonchev–Trinajstić information content (AvgIpc) is 3.02. The number of halogens is 3. The highest BCUT2D eigenvalue weighted by Gasteiger charge is 2.43. The molecule has 2 heterocycles. The molecule has 0 aromatic carbocycles. The van der Waals surface area contributed by atoms with Crippen LogP contribution in [0.2, 0.25) is 0 Å².